The highest BCUT2D eigenvalue weighted by atomic mass is 28.4. The number of aldehydes is 1. The first kappa shape index (κ1) is 60.8. The Kier molecular flexibility index (Phi) is 23.1. The van der Waals surface area contributed by atoms with E-state index in [0.29, 0.717) is 31.3 Å². The van der Waals surface area contributed by atoms with Gasteiger partial charge in [-0.2, -0.15) is 0 Å². The van der Waals surface area contributed by atoms with Crippen LogP contribution in [0.15, 0.2) is 48.1 Å². The number of benzene rings is 1. The minimum Gasteiger partial charge on any atom is -0.497 e. The van der Waals surface area contributed by atoms with Gasteiger partial charge in [0.25, 0.3) is 0 Å². The minimum atomic E-state index is -2.24. The predicted molar refractivity (Wildman–Crippen MR) is 287 cm³/mol. The molecule has 2 fully saturated rings. The molecule has 16 atom stereocenters. The fraction of sp³-hybridized carbons (Fsp3) is 0.807. The number of methoxy groups -OCH3 is 3. The van der Waals surface area contributed by atoms with Crippen molar-refractivity contribution < 1.29 is 51.9 Å². The molecule has 70 heavy (non-hydrogen) atoms. The van der Waals surface area contributed by atoms with Crippen LogP contribution in [0.5, 0.6) is 5.75 Å². The lowest BCUT2D eigenvalue weighted by atomic mass is 9.78. The Balaban J connectivity index is 1.56. The zero-order valence-corrected chi connectivity index (χ0v) is 49.3. The highest BCUT2D eigenvalue weighted by Crippen LogP contribution is 2.44. The lowest BCUT2D eigenvalue weighted by Crippen LogP contribution is -2.52. The largest absolute Gasteiger partial charge is 0.497 e. The van der Waals surface area contributed by atoms with Crippen LogP contribution >= 0.6 is 0 Å². The molecule has 13 heteroatoms. The molecule has 4 rings (SSSR count). The third kappa shape index (κ3) is 17.1. The van der Waals surface area contributed by atoms with Crippen LogP contribution in [0.25, 0.3) is 0 Å². The van der Waals surface area contributed by atoms with Gasteiger partial charge in [0.2, 0.25) is 0 Å². The Labute approximate surface area is 428 Å². The summed E-state index contributed by atoms with van der Waals surface area (Å²) in [7, 11) is 0.913. The number of hydrogen-bond donors (Lipinski definition) is 1. The molecule has 3 aliphatic heterocycles. The van der Waals surface area contributed by atoms with Gasteiger partial charge in [0.15, 0.2) is 22.9 Å². The van der Waals surface area contributed by atoms with Gasteiger partial charge < -0.3 is 47.1 Å². The van der Waals surface area contributed by atoms with Crippen LogP contribution in [0.2, 0.25) is 36.3 Å². The molecular formula is C57H100O11Si2. The first-order valence-corrected chi connectivity index (χ1v) is 32.6. The summed E-state index contributed by atoms with van der Waals surface area (Å²) in [5, 5.41) is 12.7. The maximum atomic E-state index is 12.6. The predicted octanol–water partition coefficient (Wildman–Crippen LogP) is 13.0. The zero-order chi connectivity index (χ0) is 52.4. The third-order valence-electron chi connectivity index (χ3n) is 17.0. The smallest absolute Gasteiger partial charge is 0.192 e. The second kappa shape index (κ2) is 26.6. The van der Waals surface area contributed by atoms with E-state index in [1.54, 1.807) is 21.3 Å². The molecule has 402 valence electrons. The summed E-state index contributed by atoms with van der Waals surface area (Å²) < 4.78 is 59.1. The van der Waals surface area contributed by atoms with E-state index in [2.05, 4.69) is 115 Å². The van der Waals surface area contributed by atoms with Crippen LogP contribution in [-0.4, -0.2) is 117 Å². The Morgan fingerprint density at radius 3 is 2.00 bits per heavy atom. The maximum absolute atomic E-state index is 12.6. The molecule has 11 nitrogen and oxygen atoms in total. The molecule has 3 heterocycles. The highest BCUT2D eigenvalue weighted by molar-refractivity contribution is 6.74. The number of rotatable bonds is 25. The van der Waals surface area contributed by atoms with E-state index in [9.17, 15) is 9.90 Å². The lowest BCUT2D eigenvalue weighted by Gasteiger charge is -2.47. The number of allylic oxidation sites excluding steroid dienone is 1. The van der Waals surface area contributed by atoms with E-state index in [1.807, 2.05) is 37.3 Å². The molecule has 1 aromatic rings. The summed E-state index contributed by atoms with van der Waals surface area (Å²) >= 11 is 0. The van der Waals surface area contributed by atoms with E-state index in [0.717, 1.165) is 49.7 Å². The average molecular weight is 1020 g/mol. The van der Waals surface area contributed by atoms with Crippen molar-refractivity contribution >= 4 is 22.9 Å². The second-order valence-corrected chi connectivity index (χ2v) is 34.1. The van der Waals surface area contributed by atoms with Crippen LogP contribution in [0.4, 0.5) is 0 Å². The van der Waals surface area contributed by atoms with Crippen molar-refractivity contribution in [1.29, 1.82) is 0 Å². The van der Waals surface area contributed by atoms with E-state index >= 15 is 0 Å². The van der Waals surface area contributed by atoms with Gasteiger partial charge in [0.05, 0.1) is 74.3 Å². The molecule has 0 radical (unpaired) electrons. The van der Waals surface area contributed by atoms with Crippen LogP contribution in [0.3, 0.4) is 0 Å². The van der Waals surface area contributed by atoms with Crippen LogP contribution in [-0.2, 0) is 42.1 Å². The summed E-state index contributed by atoms with van der Waals surface area (Å²) in [6, 6.07) is 7.88. The van der Waals surface area contributed by atoms with Crippen LogP contribution in [0.1, 0.15) is 153 Å². The number of ether oxygens (including phenoxy) is 7. The molecular weight excluding hydrogens is 917 g/mol. The van der Waals surface area contributed by atoms with Gasteiger partial charge in [0, 0.05) is 56.8 Å². The van der Waals surface area contributed by atoms with E-state index in [4.69, 9.17) is 42.0 Å². The van der Waals surface area contributed by atoms with Crippen LogP contribution in [0, 0.1) is 23.7 Å². The summed E-state index contributed by atoms with van der Waals surface area (Å²) in [5.74, 6) is 0.494. The molecule has 2 saturated heterocycles. The molecule has 3 aliphatic rings. The monoisotopic (exact) mass is 1020 g/mol. The fourth-order valence-corrected chi connectivity index (χ4v) is 12.9. The quantitative estimate of drug-likeness (QED) is 0.0436. The molecule has 0 spiro atoms. The van der Waals surface area contributed by atoms with Crippen molar-refractivity contribution in [1.82, 2.24) is 0 Å². The van der Waals surface area contributed by atoms with Gasteiger partial charge in [-0.1, -0.05) is 99.6 Å². The molecule has 0 bridgehead atoms. The van der Waals surface area contributed by atoms with Gasteiger partial charge >= 0.3 is 0 Å². The van der Waals surface area contributed by atoms with Crippen molar-refractivity contribution in [2.75, 3.05) is 21.3 Å². The maximum Gasteiger partial charge on any atom is 0.192 e. The number of aliphatic hydroxyl groups is 1. The van der Waals surface area contributed by atoms with Gasteiger partial charge in [-0.25, -0.2) is 0 Å². The Morgan fingerprint density at radius 1 is 0.814 bits per heavy atom. The zero-order valence-electron chi connectivity index (χ0n) is 47.3. The van der Waals surface area contributed by atoms with Crippen molar-refractivity contribution in [3.05, 3.63) is 53.6 Å². The molecule has 1 N–H and O–H groups in total. The number of carbonyl (C=O) groups excluding carboxylic acids is 1. The number of hydrogen-bond acceptors (Lipinski definition) is 11. The summed E-state index contributed by atoms with van der Waals surface area (Å²) in [6.07, 6.45) is 12.4. The molecule has 0 saturated carbocycles. The van der Waals surface area contributed by atoms with Crippen molar-refractivity contribution in [2.45, 2.75) is 251 Å². The van der Waals surface area contributed by atoms with Crippen molar-refractivity contribution in [2.24, 2.45) is 23.7 Å². The fourth-order valence-electron chi connectivity index (χ4n) is 10.1. The summed E-state index contributed by atoms with van der Waals surface area (Å²) in [6.45, 7) is 35.6. The highest BCUT2D eigenvalue weighted by Gasteiger charge is 2.47. The first-order chi connectivity index (χ1) is 32.6. The molecule has 0 aromatic heterocycles. The first-order valence-electron chi connectivity index (χ1n) is 26.8. The molecule has 0 amide bonds. The van der Waals surface area contributed by atoms with Crippen molar-refractivity contribution in [3.8, 4) is 5.75 Å². The van der Waals surface area contributed by atoms with E-state index in [-0.39, 0.29) is 94.8 Å². The van der Waals surface area contributed by atoms with Crippen LogP contribution < -0.4 is 4.74 Å². The topological polar surface area (TPSA) is 120 Å². The Morgan fingerprint density at radius 2 is 1.43 bits per heavy atom. The van der Waals surface area contributed by atoms with Gasteiger partial charge in [-0.05, 0) is 112 Å². The van der Waals surface area contributed by atoms with Crippen molar-refractivity contribution in [3.63, 3.8) is 0 Å². The summed E-state index contributed by atoms with van der Waals surface area (Å²) in [4.78, 5) is 11.5. The number of carbonyl (C=O) groups is 1. The standard InChI is InChI=1S/C57H100O11Si2/c1-37(36-58)23-27-48(67-69(16,17)56(7,8)9)32-45-21-20-22-46(64-45)34-50(62-15)40(4)51-35-52(66-55(65-51)43-25-29-44(60-13)30-26-43)41(5)53(59)42(6)54(68-70(18,19)57(10,11)12)38(2)24-28-47-33-49(61-14)31-39(3)63-47/h20-21,23,25-26,29-30,36,38-42,45-55,59H,22,24,27-28,31-35H2,1-19H3/b37-23+/t38-,39-,40+,41-,42+,45-,46-,47-,48-,49+,50-,51-,52+,53-,54-,55+/m0/s1. The number of aliphatic hydroxyl groups excluding tert-OH is 1. The SMILES string of the molecule is COc1ccc([C@@H]2O[C@H]([C@H](C)[C@H](C[C@@H]3CC=C[C@@H](C[C@H](C/C=C(\C)C=O)O[Si](C)(C)C(C)(C)C)O3)OC)C[C@H]([C@H](C)[C@H](O)[C@@H](C)[C@@H](O[Si](C)(C)C(C)(C)C)[C@@H](C)CC[C@H]3C[C@H](OC)C[C@H](C)O3)O2)cc1. The Hall–Kier alpha value is -1.76. The van der Waals surface area contributed by atoms with Gasteiger partial charge in [0.1, 0.15) is 12.0 Å². The molecule has 0 aliphatic carbocycles. The Bertz CT molecular complexity index is 1770. The third-order valence-corrected chi connectivity index (χ3v) is 26.0. The van der Waals surface area contributed by atoms with E-state index < -0.39 is 29.0 Å². The lowest BCUT2D eigenvalue weighted by molar-refractivity contribution is -0.278. The van der Waals surface area contributed by atoms with Gasteiger partial charge in [-0.3, -0.25) is 4.79 Å². The van der Waals surface area contributed by atoms with E-state index in [1.165, 1.54) is 0 Å². The second-order valence-electron chi connectivity index (χ2n) is 24.6. The molecule has 0 unspecified atom stereocenters. The normalized spacial score (nSPS) is 28.8. The minimum absolute atomic E-state index is 0.00136. The average Bonchev–Trinajstić information content (AvgIpc) is 3.31. The summed E-state index contributed by atoms with van der Waals surface area (Å²) in [5.41, 5.74) is 1.61. The molecule has 1 aromatic carbocycles. The van der Waals surface area contributed by atoms with Gasteiger partial charge in [-0.15, -0.1) is 0 Å².